The zero-order valence-electron chi connectivity index (χ0n) is 17.2. The van der Waals surface area contributed by atoms with Crippen LogP contribution in [0.3, 0.4) is 0 Å². The number of hydrogen-bond acceptors (Lipinski definition) is 6. The molecule has 9 heteroatoms. The molecule has 6 nitrogen and oxygen atoms in total. The minimum atomic E-state index is -0.606. The molecular formula is C23H18F2N2O4S. The molecule has 0 spiro atoms. The summed E-state index contributed by atoms with van der Waals surface area (Å²) in [5.41, 5.74) is 1.31. The molecule has 0 saturated carbocycles. The molecule has 2 aromatic carbocycles. The van der Waals surface area contributed by atoms with E-state index in [1.807, 2.05) is 0 Å². The minimum Gasteiger partial charge on any atom is -0.497 e. The van der Waals surface area contributed by atoms with Gasteiger partial charge in [0.05, 0.1) is 12.8 Å². The lowest BCUT2D eigenvalue weighted by Crippen LogP contribution is -2.16. The maximum atomic E-state index is 13.9. The Hall–Kier alpha value is -3.59. The van der Waals surface area contributed by atoms with Crippen molar-refractivity contribution in [1.82, 2.24) is 4.98 Å². The number of hydrogen-bond donors (Lipinski definition) is 1. The molecule has 4 rings (SSSR count). The van der Waals surface area contributed by atoms with E-state index < -0.39 is 17.3 Å². The number of anilines is 1. The molecular weight excluding hydrogens is 438 g/mol. The molecule has 0 aliphatic heterocycles. The SMILES string of the molecule is COc1ccc2c(C)c(CCC(=O)Nc3nc(-c4cc(F)ccc4F)cs3)c(=O)oc2c1. The third kappa shape index (κ3) is 4.38. The van der Waals surface area contributed by atoms with Crippen molar-refractivity contribution in [3.8, 4) is 17.0 Å². The number of benzene rings is 2. The summed E-state index contributed by atoms with van der Waals surface area (Å²) in [6.07, 6.45) is 0.204. The highest BCUT2D eigenvalue weighted by molar-refractivity contribution is 7.14. The first kappa shape index (κ1) is 21.6. The molecule has 1 N–H and O–H groups in total. The van der Waals surface area contributed by atoms with E-state index in [2.05, 4.69) is 10.3 Å². The fraction of sp³-hybridized carbons (Fsp3) is 0.174. The van der Waals surface area contributed by atoms with Crippen molar-refractivity contribution in [3.63, 3.8) is 0 Å². The molecule has 0 aliphatic carbocycles. The number of fused-ring (bicyclic) bond motifs is 1. The Bertz CT molecular complexity index is 1380. The van der Waals surface area contributed by atoms with Crippen molar-refractivity contribution < 1.29 is 22.7 Å². The molecule has 32 heavy (non-hydrogen) atoms. The van der Waals surface area contributed by atoms with Gasteiger partial charge in [-0.25, -0.2) is 18.6 Å². The number of amides is 1. The lowest BCUT2D eigenvalue weighted by Gasteiger charge is -2.08. The topological polar surface area (TPSA) is 81.4 Å². The number of nitrogens with zero attached hydrogens (tertiary/aromatic N) is 1. The van der Waals surface area contributed by atoms with Gasteiger partial charge in [0.2, 0.25) is 5.91 Å². The monoisotopic (exact) mass is 456 g/mol. The van der Waals surface area contributed by atoms with Crippen LogP contribution in [0.4, 0.5) is 13.9 Å². The zero-order valence-corrected chi connectivity index (χ0v) is 18.0. The Kier molecular flexibility index (Phi) is 6.00. The van der Waals surface area contributed by atoms with E-state index in [9.17, 15) is 18.4 Å². The minimum absolute atomic E-state index is 0.0165. The highest BCUT2D eigenvalue weighted by Crippen LogP contribution is 2.28. The third-order valence-corrected chi connectivity index (χ3v) is 5.81. The number of ether oxygens (including phenoxy) is 1. The van der Waals surface area contributed by atoms with Gasteiger partial charge in [-0.3, -0.25) is 4.79 Å². The van der Waals surface area contributed by atoms with Crippen molar-refractivity contribution in [1.29, 1.82) is 0 Å². The Morgan fingerprint density at radius 1 is 1.22 bits per heavy atom. The van der Waals surface area contributed by atoms with E-state index in [0.717, 1.165) is 40.5 Å². The highest BCUT2D eigenvalue weighted by Gasteiger charge is 2.16. The summed E-state index contributed by atoms with van der Waals surface area (Å²) in [6.45, 7) is 1.81. The molecule has 0 saturated heterocycles. The van der Waals surface area contributed by atoms with Crippen LogP contribution in [0.2, 0.25) is 0 Å². The molecule has 0 aliphatic rings. The number of halogens is 2. The van der Waals surface area contributed by atoms with Gasteiger partial charge in [-0.1, -0.05) is 0 Å². The molecule has 2 heterocycles. The van der Waals surface area contributed by atoms with Gasteiger partial charge in [-0.2, -0.15) is 0 Å². The molecule has 4 aromatic rings. The summed E-state index contributed by atoms with van der Waals surface area (Å²) in [6, 6.07) is 8.31. The predicted octanol–water partition coefficient (Wildman–Crippen LogP) is 5.08. The van der Waals surface area contributed by atoms with E-state index in [1.54, 1.807) is 25.1 Å². The van der Waals surface area contributed by atoms with Crippen molar-refractivity contribution >= 4 is 33.3 Å². The van der Waals surface area contributed by atoms with Crippen LogP contribution < -0.4 is 15.7 Å². The van der Waals surface area contributed by atoms with Crippen LogP contribution in [0.15, 0.2) is 51.0 Å². The van der Waals surface area contributed by atoms with Crippen molar-refractivity contribution in [3.05, 3.63) is 75.0 Å². The van der Waals surface area contributed by atoms with E-state index in [4.69, 9.17) is 9.15 Å². The van der Waals surface area contributed by atoms with Crippen LogP contribution in [0.5, 0.6) is 5.75 Å². The average Bonchev–Trinajstić information content (AvgIpc) is 3.22. The Labute approximate surface area is 185 Å². The van der Waals surface area contributed by atoms with Crippen LogP contribution in [-0.4, -0.2) is 18.0 Å². The van der Waals surface area contributed by atoms with Gasteiger partial charge in [-0.15, -0.1) is 11.3 Å². The second-order valence-electron chi connectivity index (χ2n) is 7.07. The van der Waals surface area contributed by atoms with Gasteiger partial charge in [0.25, 0.3) is 0 Å². The summed E-state index contributed by atoms with van der Waals surface area (Å²) in [4.78, 5) is 29.0. The molecule has 0 unspecified atom stereocenters. The maximum Gasteiger partial charge on any atom is 0.339 e. The summed E-state index contributed by atoms with van der Waals surface area (Å²) in [5.74, 6) is -0.971. The zero-order chi connectivity index (χ0) is 22.8. The molecule has 0 radical (unpaired) electrons. The van der Waals surface area contributed by atoms with E-state index in [0.29, 0.717) is 16.9 Å². The average molecular weight is 456 g/mol. The lowest BCUT2D eigenvalue weighted by molar-refractivity contribution is -0.116. The third-order valence-electron chi connectivity index (χ3n) is 5.05. The molecule has 1 amide bonds. The highest BCUT2D eigenvalue weighted by atomic mass is 32.1. The number of carbonyl (C=O) groups excluding carboxylic acids is 1. The van der Waals surface area contributed by atoms with Crippen LogP contribution in [0.25, 0.3) is 22.2 Å². The number of rotatable bonds is 6. The van der Waals surface area contributed by atoms with Crippen LogP contribution >= 0.6 is 11.3 Å². The van der Waals surface area contributed by atoms with E-state index in [1.165, 1.54) is 12.5 Å². The van der Waals surface area contributed by atoms with Gasteiger partial charge in [0.1, 0.15) is 23.0 Å². The van der Waals surface area contributed by atoms with Gasteiger partial charge in [0, 0.05) is 34.4 Å². The molecule has 164 valence electrons. The van der Waals surface area contributed by atoms with Crippen LogP contribution in [0.1, 0.15) is 17.5 Å². The number of aromatic nitrogens is 1. The van der Waals surface area contributed by atoms with Crippen molar-refractivity contribution in [2.75, 3.05) is 12.4 Å². The molecule has 0 atom stereocenters. The Morgan fingerprint density at radius 2 is 2.03 bits per heavy atom. The van der Waals surface area contributed by atoms with E-state index in [-0.39, 0.29) is 35.1 Å². The van der Waals surface area contributed by atoms with Gasteiger partial charge >= 0.3 is 5.63 Å². The van der Waals surface area contributed by atoms with Gasteiger partial charge in [0.15, 0.2) is 5.13 Å². The first-order valence-corrected chi connectivity index (χ1v) is 10.5. The number of carbonyl (C=O) groups is 1. The normalized spacial score (nSPS) is 11.0. The Morgan fingerprint density at radius 3 is 2.81 bits per heavy atom. The summed E-state index contributed by atoms with van der Waals surface area (Å²) < 4.78 is 37.9. The van der Waals surface area contributed by atoms with Gasteiger partial charge in [-0.05, 0) is 49.2 Å². The predicted molar refractivity (Wildman–Crippen MR) is 118 cm³/mol. The molecule has 0 fully saturated rings. The van der Waals surface area contributed by atoms with Crippen LogP contribution in [0, 0.1) is 18.6 Å². The Balaban J connectivity index is 1.47. The first-order chi connectivity index (χ1) is 15.4. The number of methoxy groups -OCH3 is 1. The fourth-order valence-corrected chi connectivity index (χ4v) is 4.09. The van der Waals surface area contributed by atoms with Gasteiger partial charge < -0.3 is 14.5 Å². The molecule has 0 bridgehead atoms. The van der Waals surface area contributed by atoms with Crippen molar-refractivity contribution in [2.45, 2.75) is 19.8 Å². The maximum absolute atomic E-state index is 13.9. The quantitative estimate of drug-likeness (QED) is 0.409. The number of thiazole rings is 1. The number of aryl methyl sites for hydroxylation is 1. The smallest absolute Gasteiger partial charge is 0.339 e. The summed E-state index contributed by atoms with van der Waals surface area (Å²) >= 11 is 1.10. The van der Waals surface area contributed by atoms with Crippen molar-refractivity contribution in [2.24, 2.45) is 0 Å². The number of nitrogens with one attached hydrogen (secondary N) is 1. The van der Waals surface area contributed by atoms with Crippen LogP contribution in [-0.2, 0) is 11.2 Å². The second-order valence-corrected chi connectivity index (χ2v) is 7.92. The standard InChI is InChI=1S/C23H18F2N2O4S/c1-12-15-5-4-14(30-2)10-20(15)31-22(29)16(12)6-8-21(28)27-23-26-19(11-32-23)17-9-13(24)3-7-18(17)25/h3-5,7,9-11H,6,8H2,1-2H3,(H,26,27,28). The first-order valence-electron chi connectivity index (χ1n) is 9.67. The fourth-order valence-electron chi connectivity index (χ4n) is 3.36. The molecule has 2 aromatic heterocycles. The summed E-state index contributed by atoms with van der Waals surface area (Å²) in [5, 5.41) is 5.18. The lowest BCUT2D eigenvalue weighted by atomic mass is 10.0. The summed E-state index contributed by atoms with van der Waals surface area (Å²) in [7, 11) is 1.53. The van der Waals surface area contributed by atoms with E-state index >= 15 is 0 Å². The second kappa shape index (κ2) is 8.88. The largest absolute Gasteiger partial charge is 0.497 e.